The predicted octanol–water partition coefficient (Wildman–Crippen LogP) is 9.50. The smallest absolute Gasteiger partial charge is 0.171 e. The van der Waals surface area contributed by atoms with Crippen LogP contribution >= 0.6 is 14.3 Å². The molecule has 8 aromatic rings. The second-order valence-electron chi connectivity index (χ2n) is 12.5. The van der Waals surface area contributed by atoms with Crippen molar-refractivity contribution in [3.63, 3.8) is 0 Å². The van der Waals surface area contributed by atoms with E-state index in [-0.39, 0.29) is 0 Å². The monoisotopic (exact) mass is 726 g/mol. The van der Waals surface area contributed by atoms with Gasteiger partial charge in [0.2, 0.25) is 0 Å². The lowest BCUT2D eigenvalue weighted by Gasteiger charge is -2.28. The summed E-state index contributed by atoms with van der Waals surface area (Å²) in [6, 6.07) is 44.2. The fraction of sp³-hybridized carbons (Fsp3) is 0. The molecule has 0 N–H and O–H groups in total. The third kappa shape index (κ3) is 5.60. The number of rotatable bonds is 7. The molecule has 0 aliphatic carbocycles. The van der Waals surface area contributed by atoms with E-state index < -0.39 is 37.6 Å². The van der Waals surface area contributed by atoms with Gasteiger partial charge in [0, 0.05) is 43.0 Å². The van der Waals surface area contributed by atoms with Crippen LogP contribution in [0.4, 0.5) is 17.6 Å². The van der Waals surface area contributed by atoms with Gasteiger partial charge in [-0.1, -0.05) is 60.7 Å². The van der Waals surface area contributed by atoms with Crippen LogP contribution in [-0.2, 0) is 9.13 Å². The average Bonchev–Trinajstić information content (AvgIpc) is 3.17. The van der Waals surface area contributed by atoms with Gasteiger partial charge >= 0.3 is 0 Å². The highest BCUT2D eigenvalue weighted by Gasteiger charge is 2.38. The van der Waals surface area contributed by atoms with Crippen molar-refractivity contribution in [2.45, 2.75) is 0 Å². The van der Waals surface area contributed by atoms with Crippen molar-refractivity contribution in [3.8, 4) is 11.1 Å². The van der Waals surface area contributed by atoms with E-state index in [1.807, 2.05) is 60.7 Å². The van der Waals surface area contributed by atoms with Crippen LogP contribution in [-0.4, -0.2) is 0 Å². The maximum Gasteiger partial charge on any atom is 0.171 e. The molecule has 0 fully saturated rings. The molecule has 0 aliphatic rings. The minimum atomic E-state index is -3.95. The molecule has 8 aromatic carbocycles. The van der Waals surface area contributed by atoms with E-state index in [4.69, 9.17) is 0 Å². The van der Waals surface area contributed by atoms with Crippen LogP contribution < -0.4 is 31.8 Å². The van der Waals surface area contributed by atoms with Crippen molar-refractivity contribution in [3.05, 3.63) is 193 Å². The molecule has 0 heterocycles. The van der Waals surface area contributed by atoms with Gasteiger partial charge in [-0.2, -0.15) is 0 Å². The van der Waals surface area contributed by atoms with Crippen molar-refractivity contribution in [2.75, 3.05) is 0 Å². The fourth-order valence-corrected chi connectivity index (χ4v) is 12.7. The molecule has 0 spiro atoms. The second kappa shape index (κ2) is 13.2. The molecular formula is C44H28F4O2P2. The summed E-state index contributed by atoms with van der Waals surface area (Å²) in [5.41, 5.74) is 1.04. The highest BCUT2D eigenvalue weighted by atomic mass is 31.2. The van der Waals surface area contributed by atoms with Crippen LogP contribution in [0.5, 0.6) is 0 Å². The van der Waals surface area contributed by atoms with E-state index >= 15 is 9.13 Å². The number of halogens is 4. The van der Waals surface area contributed by atoms with Crippen LogP contribution in [0.2, 0.25) is 0 Å². The van der Waals surface area contributed by atoms with Crippen molar-refractivity contribution in [2.24, 2.45) is 0 Å². The van der Waals surface area contributed by atoms with Gasteiger partial charge in [0.25, 0.3) is 0 Å². The Kier molecular flexibility index (Phi) is 8.54. The molecular weight excluding hydrogens is 698 g/mol. The minimum absolute atomic E-state index is 0.319. The molecule has 52 heavy (non-hydrogen) atoms. The molecule has 0 aromatic heterocycles. The number of fused-ring (bicyclic) bond motifs is 2. The summed E-state index contributed by atoms with van der Waals surface area (Å²) in [4.78, 5) is 0. The minimum Gasteiger partial charge on any atom is -0.309 e. The maximum absolute atomic E-state index is 16.2. The Morgan fingerprint density at radius 2 is 0.577 bits per heavy atom. The summed E-state index contributed by atoms with van der Waals surface area (Å²) in [7, 11) is -7.91. The molecule has 254 valence electrons. The molecule has 0 saturated heterocycles. The zero-order valence-corrected chi connectivity index (χ0v) is 29.2. The molecule has 8 heteroatoms. The number of hydrogen-bond acceptors (Lipinski definition) is 2. The summed E-state index contributed by atoms with van der Waals surface area (Å²) < 4.78 is 90.0. The van der Waals surface area contributed by atoms with Crippen molar-refractivity contribution in [1.29, 1.82) is 0 Å². The van der Waals surface area contributed by atoms with Gasteiger partial charge in [-0.25, -0.2) is 17.6 Å². The quantitative estimate of drug-likeness (QED) is 0.121. The SMILES string of the molecule is O=P(c1ccc(F)cc1)(c1ccc(F)cc1)c1ccc2ccccc2c1-c1c(P(=O)(c2ccc(F)cc2)c2ccc(F)cc2)ccc2ccccc12. The summed E-state index contributed by atoms with van der Waals surface area (Å²) in [5.74, 6) is -2.04. The van der Waals surface area contributed by atoms with Crippen molar-refractivity contribution in [1.82, 2.24) is 0 Å². The maximum atomic E-state index is 16.2. The van der Waals surface area contributed by atoms with Crippen LogP contribution in [0.15, 0.2) is 170 Å². The largest absolute Gasteiger partial charge is 0.309 e. The first kappa shape index (κ1) is 33.6. The molecule has 2 nitrogen and oxygen atoms in total. The number of hydrogen-bond donors (Lipinski definition) is 0. The Labute approximate surface area is 297 Å². The Morgan fingerprint density at radius 3 is 0.865 bits per heavy atom. The standard InChI is InChI=1S/C44H28F4O2P2/c45-31-11-19-35(20-12-31)51(49,36-21-13-32(46)14-22-36)41-27-9-29-5-1-3-7-39(29)43(41)44-40-8-4-2-6-30(40)10-28-42(44)52(50,37-23-15-33(47)16-24-37)38-25-17-34(48)18-26-38/h1-28H. The predicted molar refractivity (Wildman–Crippen MR) is 206 cm³/mol. The van der Waals surface area contributed by atoms with Gasteiger partial charge in [-0.05, 0) is 131 Å². The third-order valence-electron chi connectivity index (χ3n) is 9.50. The Hall–Kier alpha value is -5.54. The van der Waals surface area contributed by atoms with Gasteiger partial charge < -0.3 is 9.13 Å². The molecule has 0 amide bonds. The zero-order chi connectivity index (χ0) is 36.0. The average molecular weight is 727 g/mol. The second-order valence-corrected chi connectivity index (χ2v) is 18.0. The van der Waals surface area contributed by atoms with Crippen molar-refractivity contribution >= 4 is 67.7 Å². The van der Waals surface area contributed by atoms with Crippen molar-refractivity contribution < 1.29 is 26.7 Å². The molecule has 0 unspecified atom stereocenters. The van der Waals surface area contributed by atoms with Gasteiger partial charge in [0.1, 0.15) is 23.3 Å². The molecule has 8 rings (SSSR count). The Morgan fingerprint density at radius 1 is 0.308 bits per heavy atom. The van der Waals surface area contributed by atoms with Crippen LogP contribution in [0.25, 0.3) is 32.7 Å². The van der Waals surface area contributed by atoms with Crippen LogP contribution in [0, 0.1) is 23.3 Å². The lowest BCUT2D eigenvalue weighted by atomic mass is 9.93. The lowest BCUT2D eigenvalue weighted by molar-refractivity contribution is 0.591. The first-order valence-corrected chi connectivity index (χ1v) is 19.9. The molecule has 0 saturated carbocycles. The summed E-state index contributed by atoms with van der Waals surface area (Å²) >= 11 is 0. The Bertz CT molecular complexity index is 2420. The molecule has 0 radical (unpaired) electrons. The molecule has 0 atom stereocenters. The van der Waals surface area contributed by atoms with E-state index in [9.17, 15) is 17.6 Å². The number of benzene rings is 8. The topological polar surface area (TPSA) is 34.1 Å². The van der Waals surface area contributed by atoms with Gasteiger partial charge in [0.05, 0.1) is 0 Å². The summed E-state index contributed by atoms with van der Waals surface area (Å²) in [5, 5.41) is 5.03. The first-order chi connectivity index (χ1) is 25.2. The zero-order valence-electron chi connectivity index (χ0n) is 27.4. The van der Waals surface area contributed by atoms with E-state index in [1.165, 1.54) is 97.1 Å². The van der Waals surface area contributed by atoms with Crippen LogP contribution in [0.3, 0.4) is 0 Å². The van der Waals surface area contributed by atoms with Gasteiger partial charge in [-0.15, -0.1) is 0 Å². The first-order valence-electron chi connectivity index (χ1n) is 16.5. The van der Waals surface area contributed by atoms with Gasteiger partial charge in [-0.3, -0.25) is 0 Å². The summed E-state index contributed by atoms with van der Waals surface area (Å²) in [6.07, 6.45) is 0. The Balaban J connectivity index is 1.58. The normalized spacial score (nSPS) is 12.0. The third-order valence-corrected chi connectivity index (χ3v) is 15.7. The highest BCUT2D eigenvalue weighted by molar-refractivity contribution is 7.86. The fourth-order valence-electron chi connectivity index (χ4n) is 7.03. The van der Waals surface area contributed by atoms with E-state index in [1.54, 1.807) is 12.1 Å². The summed E-state index contributed by atoms with van der Waals surface area (Å²) in [6.45, 7) is 0. The van der Waals surface area contributed by atoms with Crippen LogP contribution in [0.1, 0.15) is 0 Å². The van der Waals surface area contributed by atoms with E-state index in [0.29, 0.717) is 53.7 Å². The van der Waals surface area contributed by atoms with E-state index in [2.05, 4.69) is 0 Å². The van der Waals surface area contributed by atoms with E-state index in [0.717, 1.165) is 10.8 Å². The molecule has 0 bridgehead atoms. The molecule has 0 aliphatic heterocycles. The highest BCUT2D eigenvalue weighted by Crippen LogP contribution is 2.51. The lowest BCUT2D eigenvalue weighted by Crippen LogP contribution is -2.30. The van der Waals surface area contributed by atoms with Gasteiger partial charge in [0.15, 0.2) is 14.3 Å².